The van der Waals surface area contributed by atoms with E-state index in [1.807, 2.05) is 0 Å². The monoisotopic (exact) mass is 295 g/mol. The molecular formula is C15H18ClNO3. The van der Waals surface area contributed by atoms with E-state index in [2.05, 4.69) is 0 Å². The highest BCUT2D eigenvalue weighted by Crippen LogP contribution is 2.35. The second kappa shape index (κ2) is 6.27. The van der Waals surface area contributed by atoms with Gasteiger partial charge in [0.25, 0.3) is 0 Å². The summed E-state index contributed by atoms with van der Waals surface area (Å²) in [5.74, 6) is -0.502. The van der Waals surface area contributed by atoms with Gasteiger partial charge in [-0.15, -0.1) is 0 Å². The minimum Gasteiger partial charge on any atom is -0.464 e. The van der Waals surface area contributed by atoms with Crippen molar-refractivity contribution in [1.29, 1.82) is 0 Å². The van der Waals surface area contributed by atoms with Gasteiger partial charge in [-0.05, 0) is 37.5 Å². The summed E-state index contributed by atoms with van der Waals surface area (Å²) < 4.78 is 5.13. The van der Waals surface area contributed by atoms with E-state index in [1.54, 1.807) is 36.1 Å². The van der Waals surface area contributed by atoms with Gasteiger partial charge in [-0.2, -0.15) is 0 Å². The number of halogens is 1. The zero-order chi connectivity index (χ0) is 14.7. The summed E-state index contributed by atoms with van der Waals surface area (Å²) in [7, 11) is 0. The molecule has 0 unspecified atom stereocenters. The first-order valence-corrected chi connectivity index (χ1v) is 7.13. The number of hydrogen-bond acceptors (Lipinski definition) is 3. The molecule has 20 heavy (non-hydrogen) atoms. The third-order valence-corrected chi connectivity index (χ3v) is 3.53. The highest BCUT2D eigenvalue weighted by atomic mass is 35.5. The molecule has 0 bridgehead atoms. The minimum atomic E-state index is -0.683. The number of carbonyl (C=O) groups excluding carboxylic acids is 2. The lowest BCUT2D eigenvalue weighted by molar-refractivity contribution is -0.155. The summed E-state index contributed by atoms with van der Waals surface area (Å²) in [6.45, 7) is 3.53. The highest BCUT2D eigenvalue weighted by Gasteiger charge is 2.40. The standard InChI is InChI=1S/C15H18ClNO3/c1-3-20-15(19)14(11-4-6-12(16)7-5-11)17(10(2)18)13-8-9-13/h4-7,13-14H,3,8-9H2,1-2H3/t14-/m0/s1. The molecule has 1 aromatic carbocycles. The SMILES string of the molecule is CCOC(=O)[C@H](c1ccc(Cl)cc1)N(C(C)=O)C1CC1. The Labute approximate surface area is 123 Å². The van der Waals surface area contributed by atoms with Crippen molar-refractivity contribution < 1.29 is 14.3 Å². The number of benzene rings is 1. The molecule has 0 saturated heterocycles. The van der Waals surface area contributed by atoms with Crippen molar-refractivity contribution in [2.24, 2.45) is 0 Å². The molecule has 0 aliphatic heterocycles. The number of esters is 1. The van der Waals surface area contributed by atoms with E-state index in [4.69, 9.17) is 16.3 Å². The van der Waals surface area contributed by atoms with Gasteiger partial charge in [0.05, 0.1) is 6.61 Å². The molecule has 1 atom stereocenters. The fourth-order valence-corrected chi connectivity index (χ4v) is 2.40. The third-order valence-electron chi connectivity index (χ3n) is 3.28. The Kier molecular flexibility index (Phi) is 4.65. The van der Waals surface area contributed by atoms with Crippen LogP contribution in [0, 0.1) is 0 Å². The lowest BCUT2D eigenvalue weighted by Crippen LogP contribution is -2.40. The Morgan fingerprint density at radius 1 is 1.35 bits per heavy atom. The zero-order valence-electron chi connectivity index (χ0n) is 11.6. The van der Waals surface area contributed by atoms with Crippen LogP contribution in [0.15, 0.2) is 24.3 Å². The average molecular weight is 296 g/mol. The van der Waals surface area contributed by atoms with Gasteiger partial charge in [-0.3, -0.25) is 4.79 Å². The Hall–Kier alpha value is -1.55. The number of rotatable bonds is 5. The van der Waals surface area contributed by atoms with Gasteiger partial charge in [0.1, 0.15) is 0 Å². The summed E-state index contributed by atoms with van der Waals surface area (Å²) >= 11 is 5.88. The summed E-state index contributed by atoms with van der Waals surface area (Å²) in [5, 5.41) is 0.595. The molecule has 1 aliphatic rings. The molecule has 1 aliphatic carbocycles. The van der Waals surface area contributed by atoms with E-state index in [1.165, 1.54) is 6.92 Å². The lowest BCUT2D eigenvalue weighted by Gasteiger charge is -2.29. The fourth-order valence-electron chi connectivity index (χ4n) is 2.28. The average Bonchev–Trinajstić information content (AvgIpc) is 3.21. The Morgan fingerprint density at radius 3 is 2.40 bits per heavy atom. The first-order chi connectivity index (χ1) is 9.54. The largest absolute Gasteiger partial charge is 0.464 e. The smallest absolute Gasteiger partial charge is 0.333 e. The van der Waals surface area contributed by atoms with Crippen LogP contribution in [0.4, 0.5) is 0 Å². The lowest BCUT2D eigenvalue weighted by atomic mass is 10.0. The summed E-state index contributed by atoms with van der Waals surface area (Å²) in [5.41, 5.74) is 0.731. The Morgan fingerprint density at radius 2 is 1.95 bits per heavy atom. The molecule has 0 N–H and O–H groups in total. The van der Waals surface area contributed by atoms with E-state index >= 15 is 0 Å². The van der Waals surface area contributed by atoms with E-state index in [-0.39, 0.29) is 11.9 Å². The fraction of sp³-hybridized carbons (Fsp3) is 0.467. The maximum atomic E-state index is 12.3. The maximum Gasteiger partial charge on any atom is 0.333 e. The molecular weight excluding hydrogens is 278 g/mol. The molecule has 1 amide bonds. The van der Waals surface area contributed by atoms with Crippen LogP contribution < -0.4 is 0 Å². The van der Waals surface area contributed by atoms with Crippen LogP contribution in [0.2, 0.25) is 5.02 Å². The molecule has 0 aromatic heterocycles. The van der Waals surface area contributed by atoms with Crippen molar-refractivity contribution in [3.05, 3.63) is 34.9 Å². The predicted octanol–water partition coefficient (Wildman–Crippen LogP) is 2.96. The van der Waals surface area contributed by atoms with Crippen molar-refractivity contribution in [3.63, 3.8) is 0 Å². The zero-order valence-corrected chi connectivity index (χ0v) is 12.4. The Bertz CT molecular complexity index is 496. The van der Waals surface area contributed by atoms with Gasteiger partial charge in [0.15, 0.2) is 6.04 Å². The number of hydrogen-bond donors (Lipinski definition) is 0. The molecule has 0 heterocycles. The van der Waals surface area contributed by atoms with Crippen LogP contribution in [0.25, 0.3) is 0 Å². The molecule has 108 valence electrons. The highest BCUT2D eigenvalue weighted by molar-refractivity contribution is 6.30. The second-order valence-electron chi connectivity index (χ2n) is 4.86. The van der Waals surface area contributed by atoms with Crippen molar-refractivity contribution in [1.82, 2.24) is 4.90 Å². The van der Waals surface area contributed by atoms with E-state index in [0.29, 0.717) is 11.6 Å². The first kappa shape index (κ1) is 14.9. The summed E-state index contributed by atoms with van der Waals surface area (Å²) in [6, 6.07) is 6.42. The molecule has 5 heteroatoms. The van der Waals surface area contributed by atoms with Crippen LogP contribution in [0.5, 0.6) is 0 Å². The van der Waals surface area contributed by atoms with Gasteiger partial charge in [0, 0.05) is 18.0 Å². The van der Waals surface area contributed by atoms with Gasteiger partial charge < -0.3 is 9.64 Å². The minimum absolute atomic E-state index is 0.111. The van der Waals surface area contributed by atoms with E-state index < -0.39 is 12.0 Å². The molecule has 1 saturated carbocycles. The number of nitrogens with zero attached hydrogens (tertiary/aromatic N) is 1. The first-order valence-electron chi connectivity index (χ1n) is 6.75. The summed E-state index contributed by atoms with van der Waals surface area (Å²) in [4.78, 5) is 25.8. The number of carbonyl (C=O) groups is 2. The van der Waals surface area contributed by atoms with Crippen LogP contribution in [-0.2, 0) is 14.3 Å². The van der Waals surface area contributed by atoms with E-state index in [9.17, 15) is 9.59 Å². The van der Waals surface area contributed by atoms with Crippen LogP contribution in [-0.4, -0.2) is 29.4 Å². The molecule has 4 nitrogen and oxygen atoms in total. The van der Waals surface area contributed by atoms with Crippen molar-refractivity contribution in [3.8, 4) is 0 Å². The molecule has 2 rings (SSSR count). The Balaban J connectivity index is 2.34. The third kappa shape index (κ3) is 3.31. The van der Waals surface area contributed by atoms with Gasteiger partial charge in [0.2, 0.25) is 5.91 Å². The number of ether oxygens (including phenoxy) is 1. The second-order valence-corrected chi connectivity index (χ2v) is 5.30. The maximum absolute atomic E-state index is 12.3. The number of amides is 1. The molecule has 0 spiro atoms. The van der Waals surface area contributed by atoms with Crippen molar-refractivity contribution >= 4 is 23.5 Å². The van der Waals surface area contributed by atoms with Crippen molar-refractivity contribution in [2.75, 3.05) is 6.61 Å². The van der Waals surface area contributed by atoms with Gasteiger partial charge in [-0.25, -0.2) is 4.79 Å². The van der Waals surface area contributed by atoms with Gasteiger partial charge >= 0.3 is 5.97 Å². The topological polar surface area (TPSA) is 46.6 Å². The van der Waals surface area contributed by atoms with Crippen LogP contribution in [0.1, 0.15) is 38.3 Å². The molecule has 1 aromatic rings. The predicted molar refractivity (Wildman–Crippen MR) is 76.4 cm³/mol. The van der Waals surface area contributed by atoms with Crippen LogP contribution >= 0.6 is 11.6 Å². The normalized spacial score (nSPS) is 15.6. The molecule has 0 radical (unpaired) electrons. The van der Waals surface area contributed by atoms with Gasteiger partial charge in [-0.1, -0.05) is 23.7 Å². The van der Waals surface area contributed by atoms with Crippen LogP contribution in [0.3, 0.4) is 0 Å². The molecule has 1 fully saturated rings. The summed E-state index contributed by atoms with van der Waals surface area (Å²) in [6.07, 6.45) is 1.87. The van der Waals surface area contributed by atoms with E-state index in [0.717, 1.165) is 18.4 Å². The quantitative estimate of drug-likeness (QED) is 0.785. The van der Waals surface area contributed by atoms with Crippen molar-refractivity contribution in [2.45, 2.75) is 38.8 Å².